The second kappa shape index (κ2) is 49.2. The van der Waals surface area contributed by atoms with Crippen LogP contribution in [0.3, 0.4) is 0 Å². The fraction of sp³-hybridized carbons (Fsp3) is 0.575. The quantitative estimate of drug-likeness (QED) is 0.0192. The number of carboxylic acid groups (broad SMARTS) is 3. The average Bonchev–Trinajstić information content (AvgIpc) is 1.64. The number of ether oxygens (including phenoxy) is 5. The number of carbonyl (C=O) groups excluding carboxylic acids is 10. The fourth-order valence-corrected chi connectivity index (χ4v) is 17.1. The van der Waals surface area contributed by atoms with E-state index in [-0.39, 0.29) is 101 Å². The third-order valence-electron chi connectivity index (χ3n) is 22.7. The molecular formula is C87H121F2N13O21S. The number of amides is 8. The lowest BCUT2D eigenvalue weighted by atomic mass is 9.88. The van der Waals surface area contributed by atoms with E-state index >= 15 is 4.79 Å². The number of anilines is 4. The second-order valence-electron chi connectivity index (χ2n) is 31.7. The topological polar surface area (TPSA) is 443 Å². The van der Waals surface area contributed by atoms with Crippen LogP contribution in [-0.4, -0.2) is 291 Å². The Balaban J connectivity index is 0.000000257. The molecule has 4 aromatic carbocycles. The summed E-state index contributed by atoms with van der Waals surface area (Å²) in [4.78, 5) is 180. The highest BCUT2D eigenvalue weighted by Gasteiger charge is 2.48. The Morgan fingerprint density at radius 2 is 1.27 bits per heavy atom. The number of carboxylic acids is 3. The van der Waals surface area contributed by atoms with Crippen molar-refractivity contribution in [2.75, 3.05) is 145 Å². The molecule has 4 aromatic rings. The number of cyclic esters (lactones) is 3. The van der Waals surface area contributed by atoms with Crippen LogP contribution in [0.4, 0.5) is 41.1 Å². The smallest absolute Gasteiger partial charge is 0.414 e. The number of aliphatic carboxylic acids is 3. The molecule has 13 rings (SSSR count). The minimum absolute atomic E-state index is 0.0311. The van der Waals surface area contributed by atoms with E-state index in [1.54, 1.807) is 80.3 Å². The number of thioether (sulfide) groups is 1. The largest absolute Gasteiger partial charge is 0.481 e. The van der Waals surface area contributed by atoms with Crippen molar-refractivity contribution in [2.24, 2.45) is 23.3 Å². The summed E-state index contributed by atoms with van der Waals surface area (Å²) in [7, 11) is 5.40. The molecule has 9 saturated heterocycles. The van der Waals surface area contributed by atoms with E-state index in [1.807, 2.05) is 62.0 Å². The van der Waals surface area contributed by atoms with Crippen LogP contribution < -0.4 is 47.0 Å². The van der Waals surface area contributed by atoms with Crippen molar-refractivity contribution >= 4 is 112 Å². The molecule has 34 nitrogen and oxygen atoms in total. The number of benzene rings is 4. The summed E-state index contributed by atoms with van der Waals surface area (Å²) in [6.45, 7) is 15.5. The number of fused-ring (bicyclic) bond motifs is 5. The zero-order chi connectivity index (χ0) is 90.3. The first-order chi connectivity index (χ1) is 59.3. The van der Waals surface area contributed by atoms with Crippen LogP contribution in [0.2, 0.25) is 0 Å². The van der Waals surface area contributed by atoms with Gasteiger partial charge in [-0.3, -0.25) is 57.7 Å². The number of unbranched alkanes of at least 4 members (excludes halogenated alkanes) is 2. The Morgan fingerprint density at radius 3 is 1.82 bits per heavy atom. The normalized spacial score (nSPS) is 24.8. The van der Waals surface area contributed by atoms with E-state index in [4.69, 9.17) is 50.5 Å². The maximum Gasteiger partial charge on any atom is 0.414 e. The number of likely N-dealkylation sites (N-methyl/N-ethyl adjacent to an activating group) is 1. The van der Waals surface area contributed by atoms with Crippen molar-refractivity contribution in [3.8, 4) is 0 Å². The molecule has 0 radical (unpaired) electrons. The monoisotopic (exact) mass is 1750 g/mol. The van der Waals surface area contributed by atoms with Crippen molar-refractivity contribution in [2.45, 2.75) is 184 Å². The van der Waals surface area contributed by atoms with Crippen LogP contribution >= 0.6 is 11.8 Å². The van der Waals surface area contributed by atoms with Gasteiger partial charge < -0.3 is 95.8 Å². The first-order valence-electron chi connectivity index (χ1n) is 42.5. The lowest BCUT2D eigenvalue weighted by molar-refractivity contribution is -0.157. The van der Waals surface area contributed by atoms with Gasteiger partial charge in [0.1, 0.15) is 65.9 Å². The molecular weight excluding hydrogens is 1630 g/mol. The van der Waals surface area contributed by atoms with Gasteiger partial charge in [0, 0.05) is 135 Å². The van der Waals surface area contributed by atoms with Gasteiger partial charge in [-0.1, -0.05) is 55.5 Å². The molecule has 0 aliphatic carbocycles. The fourth-order valence-electron chi connectivity index (χ4n) is 15.5. The Morgan fingerprint density at radius 1 is 0.653 bits per heavy atom. The summed E-state index contributed by atoms with van der Waals surface area (Å²) in [5.74, 6) is -7.18. The number of Topliss-reactive ketones (excluding diaryl/α,β-unsaturated/α-hetero) is 1. The predicted octanol–water partition coefficient (Wildman–Crippen LogP) is 6.37. The van der Waals surface area contributed by atoms with E-state index in [2.05, 4.69) is 20.9 Å². The molecule has 9 heterocycles. The van der Waals surface area contributed by atoms with Gasteiger partial charge in [0.05, 0.1) is 49.9 Å². The van der Waals surface area contributed by atoms with Gasteiger partial charge in [-0.2, -0.15) is 11.8 Å². The average molecular weight is 1760 g/mol. The summed E-state index contributed by atoms with van der Waals surface area (Å²) in [6, 6.07) is 19.3. The SMILES string of the molecule is CCOCC.CC[C@@H]1NC(=O)[C@@H](N)[C@@H](C)OC(=O)[C@H](c2ccccc2)NC(=O)[C@@H]2CC(=O)[C@H](CSC3CN4CCC3CC4)CN2C(=O)[C@H](Cc2ccc(N(C)C)cc2)N(C)C(=O)[C@@H]2CCCN2C1=O.NC[C@H]1CN(c2cccc(F)c2)C(=O)O1.O=C(O)CCCCC(=O)NC[C@H]1CN(c2ccc(N3CCOCC3)c(F)c2)C(=O)O1.O=C(O)CCCCC(=O)O. The number of nitrogens with two attached hydrogens (primary N) is 2. The van der Waals surface area contributed by atoms with Gasteiger partial charge in [0.25, 0.3) is 0 Å². The third kappa shape index (κ3) is 29.0. The molecule has 0 aromatic heterocycles. The number of morpholine rings is 1. The predicted molar refractivity (Wildman–Crippen MR) is 458 cm³/mol. The number of esters is 1. The van der Waals surface area contributed by atoms with Crippen molar-refractivity contribution in [1.82, 2.24) is 35.6 Å². The first kappa shape index (κ1) is 98.8. The Hall–Kier alpha value is -10.6. The van der Waals surface area contributed by atoms with E-state index in [0.717, 1.165) is 56.9 Å². The van der Waals surface area contributed by atoms with E-state index in [1.165, 1.54) is 49.6 Å². The molecule has 680 valence electrons. The molecule has 11 atom stereocenters. The molecule has 0 spiro atoms. The van der Waals surface area contributed by atoms with Gasteiger partial charge in [-0.25, -0.2) is 23.2 Å². The standard InChI is InChI=1S/C47H64N8O8S.C20H26FN3O6.C10H11FN2O2.C6H10O4.C4H10O/c1-6-34-44(59)54-20-10-13-35(54)45(60)52(5)37(23-29-14-16-33(17-15-29)51(3)4)46(61)55-25-32(27-64-39-26-53-21-18-30(39)19-22-53)38(56)24-36(55)42(57)50-41(31-11-8-7-9-12-31)47(62)63-28(2)40(48)43(58)49-34;21-16-11-14(5-6-17(16)23-7-9-29-10-8-23)24-13-15(30-20(24)28)12-22-18(25)3-1-2-4-19(26)27;11-7-2-1-3-8(4-7)13-6-9(5-12)15-10(13)14;7-5(8)3-1-2-4-6(9)10;1-3-5-4-2/h7-9,11-12,14-17,28,30,32,34-37,39-41H,6,10,13,18-27,48H2,1-5H3,(H,49,58)(H,50,57);5-6,11,15H,1-4,7-10,12-13H2,(H,22,25)(H,26,27);1-4,9H,5-6,12H2;1-4H2,(H,7,8)(H,9,10);3-4H2,1-2H3/t28-,32+,34+,35+,36+,37+,39?,40+,41+;15-;9-;;/m100../s1. The van der Waals surface area contributed by atoms with Crippen LogP contribution in [0.5, 0.6) is 0 Å². The molecule has 8 amide bonds. The molecule has 9 fully saturated rings. The number of carbonyl (C=O) groups is 13. The number of hydrogen-bond acceptors (Lipinski definition) is 24. The van der Waals surface area contributed by atoms with E-state index in [0.29, 0.717) is 111 Å². The molecule has 2 bridgehead atoms. The van der Waals surface area contributed by atoms with Gasteiger partial charge in [0.2, 0.25) is 35.4 Å². The molecule has 0 saturated carbocycles. The van der Waals surface area contributed by atoms with Crippen LogP contribution in [0, 0.1) is 23.5 Å². The summed E-state index contributed by atoms with van der Waals surface area (Å²) < 4.78 is 53.6. The minimum Gasteiger partial charge on any atom is -0.481 e. The van der Waals surface area contributed by atoms with Crippen LogP contribution in [0.25, 0.3) is 0 Å². The van der Waals surface area contributed by atoms with Crippen LogP contribution in [0.15, 0.2) is 97.1 Å². The summed E-state index contributed by atoms with van der Waals surface area (Å²) in [5.41, 5.74) is 15.2. The van der Waals surface area contributed by atoms with Crippen LogP contribution in [0.1, 0.15) is 135 Å². The number of rotatable bonds is 26. The summed E-state index contributed by atoms with van der Waals surface area (Å²) >= 11 is 1.76. The lowest BCUT2D eigenvalue weighted by Gasteiger charge is -2.45. The molecule has 10 N–H and O–H groups in total. The highest BCUT2D eigenvalue weighted by molar-refractivity contribution is 8.00. The first-order valence-corrected chi connectivity index (χ1v) is 43.5. The Kier molecular flexibility index (Phi) is 39.2. The van der Waals surface area contributed by atoms with E-state index in [9.17, 15) is 66.3 Å². The van der Waals surface area contributed by atoms with Crippen molar-refractivity contribution in [3.63, 3.8) is 0 Å². The third-order valence-corrected chi connectivity index (χ3v) is 24.2. The number of halogens is 2. The van der Waals surface area contributed by atoms with Crippen molar-refractivity contribution < 1.29 is 110 Å². The lowest BCUT2D eigenvalue weighted by Crippen LogP contribution is -2.63. The number of hydrogen-bond donors (Lipinski definition) is 8. The van der Waals surface area contributed by atoms with Crippen molar-refractivity contribution in [3.05, 3.63) is 120 Å². The Bertz CT molecular complexity index is 4240. The maximum absolute atomic E-state index is 15.5. The molecule has 9 aliphatic heterocycles. The summed E-state index contributed by atoms with van der Waals surface area (Å²) in [5, 5.41) is 33.4. The van der Waals surface area contributed by atoms with Gasteiger partial charge in [0.15, 0.2) is 6.04 Å². The highest BCUT2D eigenvalue weighted by atomic mass is 32.2. The zero-order valence-electron chi connectivity index (χ0n) is 71.7. The van der Waals surface area contributed by atoms with Crippen LogP contribution in [-0.2, 0) is 82.8 Å². The van der Waals surface area contributed by atoms with Crippen molar-refractivity contribution in [1.29, 1.82) is 0 Å². The number of nitrogens with one attached hydrogen (secondary N) is 3. The molecule has 37 heteroatoms. The minimum atomic E-state index is -1.40. The number of piperidine rings is 4. The second-order valence-corrected chi connectivity index (χ2v) is 32.9. The highest BCUT2D eigenvalue weighted by Crippen LogP contribution is 2.38. The number of ketones is 1. The summed E-state index contributed by atoms with van der Waals surface area (Å²) in [6.07, 6.45) is 2.14. The Labute approximate surface area is 725 Å². The molecule has 1 unspecified atom stereocenters. The molecule has 124 heavy (non-hydrogen) atoms. The van der Waals surface area contributed by atoms with Gasteiger partial charge >= 0.3 is 36.1 Å². The molecule has 9 aliphatic rings. The van der Waals surface area contributed by atoms with Gasteiger partial charge in [-0.05, 0) is 157 Å². The van der Waals surface area contributed by atoms with E-state index < -0.39 is 126 Å². The number of nitrogens with zero attached hydrogens (tertiary/aromatic N) is 8. The maximum atomic E-state index is 15.5. The van der Waals surface area contributed by atoms with Gasteiger partial charge in [-0.15, -0.1) is 0 Å². The zero-order valence-corrected chi connectivity index (χ0v) is 72.5.